The standard InChI is InChI=1S/C57H36N4O/c1-5-16-37(17-6-1)39-28-30-42(31-29-39)56-58-55(41-22-11-4-12-23-41)59-57(60-56)47-26-15-25-45-49-36-44(32-33-52(49)62-54(45)47)61-50-27-14-13-24-46(50)53-48(40-20-9-3-10-21-40)34-43(35-51(53)61)38-18-7-2-8-19-38/h1-36H. The van der Waals surface area contributed by atoms with Crippen LogP contribution in [-0.4, -0.2) is 19.5 Å². The Bertz CT molecular complexity index is 3600. The van der Waals surface area contributed by atoms with Crippen molar-refractivity contribution in [2.45, 2.75) is 0 Å². The molecule has 5 nitrogen and oxygen atoms in total. The van der Waals surface area contributed by atoms with Crippen molar-refractivity contribution < 1.29 is 4.42 Å². The molecule has 0 radical (unpaired) electrons. The van der Waals surface area contributed by atoms with Gasteiger partial charge in [0.25, 0.3) is 0 Å². The summed E-state index contributed by atoms with van der Waals surface area (Å²) in [5.41, 5.74) is 14.5. The zero-order valence-electron chi connectivity index (χ0n) is 33.5. The van der Waals surface area contributed by atoms with E-state index in [0.717, 1.165) is 66.5 Å². The molecular formula is C57H36N4O. The van der Waals surface area contributed by atoms with Gasteiger partial charge in [-0.3, -0.25) is 0 Å². The monoisotopic (exact) mass is 792 g/mol. The molecule has 3 heterocycles. The smallest absolute Gasteiger partial charge is 0.167 e. The Hall–Kier alpha value is -8.41. The molecule has 0 saturated heterocycles. The molecule has 290 valence electrons. The molecule has 0 fully saturated rings. The summed E-state index contributed by atoms with van der Waals surface area (Å²) in [5.74, 6) is 1.75. The van der Waals surface area contributed by atoms with E-state index in [4.69, 9.17) is 19.4 Å². The lowest BCUT2D eigenvalue weighted by Crippen LogP contribution is -2.00. The van der Waals surface area contributed by atoms with Gasteiger partial charge in [-0.1, -0.05) is 176 Å². The van der Waals surface area contributed by atoms with E-state index in [1.54, 1.807) is 0 Å². The molecule has 0 aliphatic rings. The number of nitrogens with zero attached hydrogens (tertiary/aromatic N) is 4. The quantitative estimate of drug-likeness (QED) is 0.161. The Kier molecular flexibility index (Phi) is 8.42. The molecule has 0 spiro atoms. The number of hydrogen-bond donors (Lipinski definition) is 0. The van der Waals surface area contributed by atoms with Crippen molar-refractivity contribution in [3.05, 3.63) is 218 Å². The highest BCUT2D eigenvalue weighted by Gasteiger charge is 2.21. The number of aromatic nitrogens is 4. The van der Waals surface area contributed by atoms with E-state index in [1.807, 2.05) is 42.5 Å². The van der Waals surface area contributed by atoms with Gasteiger partial charge in [0.15, 0.2) is 17.5 Å². The molecule has 0 unspecified atom stereocenters. The van der Waals surface area contributed by atoms with Crippen LogP contribution in [-0.2, 0) is 0 Å². The van der Waals surface area contributed by atoms with Crippen LogP contribution in [0.5, 0.6) is 0 Å². The van der Waals surface area contributed by atoms with Crippen molar-refractivity contribution in [3.8, 4) is 73.2 Å². The normalized spacial score (nSPS) is 11.5. The second-order valence-electron chi connectivity index (χ2n) is 15.6. The third kappa shape index (κ3) is 6.06. The van der Waals surface area contributed by atoms with Gasteiger partial charge in [0, 0.05) is 38.4 Å². The molecule has 0 saturated carbocycles. The zero-order chi connectivity index (χ0) is 41.0. The third-order valence-electron chi connectivity index (χ3n) is 11.9. The summed E-state index contributed by atoms with van der Waals surface area (Å²) in [7, 11) is 0. The van der Waals surface area contributed by atoms with E-state index in [9.17, 15) is 0 Å². The number of fused-ring (bicyclic) bond motifs is 6. The Morgan fingerprint density at radius 2 is 0.855 bits per heavy atom. The van der Waals surface area contributed by atoms with Gasteiger partial charge in [0.2, 0.25) is 0 Å². The lowest BCUT2D eigenvalue weighted by Gasteiger charge is -2.12. The molecule has 3 aromatic heterocycles. The summed E-state index contributed by atoms with van der Waals surface area (Å²) < 4.78 is 9.19. The molecule has 0 bridgehead atoms. The van der Waals surface area contributed by atoms with E-state index in [2.05, 4.69) is 180 Å². The number of furan rings is 1. The molecule has 62 heavy (non-hydrogen) atoms. The highest BCUT2D eigenvalue weighted by molar-refractivity contribution is 6.17. The third-order valence-corrected chi connectivity index (χ3v) is 11.9. The van der Waals surface area contributed by atoms with Crippen LogP contribution < -0.4 is 0 Å². The summed E-state index contributed by atoms with van der Waals surface area (Å²) >= 11 is 0. The van der Waals surface area contributed by atoms with E-state index < -0.39 is 0 Å². The Labute approximate surface area is 357 Å². The number of hydrogen-bond acceptors (Lipinski definition) is 4. The maximum absolute atomic E-state index is 6.79. The van der Waals surface area contributed by atoms with Gasteiger partial charge < -0.3 is 8.98 Å². The van der Waals surface area contributed by atoms with Crippen LogP contribution in [0.15, 0.2) is 223 Å². The topological polar surface area (TPSA) is 56.7 Å². The van der Waals surface area contributed by atoms with Gasteiger partial charge in [0.1, 0.15) is 11.2 Å². The maximum Gasteiger partial charge on any atom is 0.167 e. The van der Waals surface area contributed by atoms with Crippen LogP contribution in [0.3, 0.4) is 0 Å². The fourth-order valence-electron chi connectivity index (χ4n) is 8.90. The molecule has 0 N–H and O–H groups in total. The Morgan fingerprint density at radius 1 is 0.323 bits per heavy atom. The van der Waals surface area contributed by atoms with Crippen LogP contribution in [0.1, 0.15) is 0 Å². The van der Waals surface area contributed by atoms with Crippen molar-refractivity contribution in [3.63, 3.8) is 0 Å². The van der Waals surface area contributed by atoms with Gasteiger partial charge in [-0.05, 0) is 75.8 Å². The predicted molar refractivity (Wildman–Crippen MR) is 254 cm³/mol. The maximum atomic E-state index is 6.79. The summed E-state index contributed by atoms with van der Waals surface area (Å²) in [6, 6.07) is 76.4. The lowest BCUT2D eigenvalue weighted by molar-refractivity contribution is 0.669. The molecule has 9 aromatic carbocycles. The number of rotatable bonds is 7. The van der Waals surface area contributed by atoms with E-state index in [-0.39, 0.29) is 0 Å². The summed E-state index contributed by atoms with van der Waals surface area (Å²) in [6.07, 6.45) is 0. The molecule has 0 aliphatic carbocycles. The molecule has 0 amide bonds. The predicted octanol–water partition coefficient (Wildman–Crippen LogP) is 14.9. The van der Waals surface area contributed by atoms with Gasteiger partial charge in [-0.15, -0.1) is 0 Å². The Morgan fingerprint density at radius 3 is 1.55 bits per heavy atom. The summed E-state index contributed by atoms with van der Waals surface area (Å²) in [5, 5.41) is 4.43. The van der Waals surface area contributed by atoms with Gasteiger partial charge in [-0.25, -0.2) is 15.0 Å². The molecule has 0 aliphatic heterocycles. The van der Waals surface area contributed by atoms with Crippen molar-refractivity contribution >= 4 is 43.7 Å². The van der Waals surface area contributed by atoms with Crippen LogP contribution in [0.2, 0.25) is 0 Å². The fraction of sp³-hybridized carbons (Fsp3) is 0. The lowest BCUT2D eigenvalue weighted by atomic mass is 9.94. The van der Waals surface area contributed by atoms with E-state index in [0.29, 0.717) is 17.5 Å². The first kappa shape index (κ1) is 35.5. The molecule has 5 heteroatoms. The average Bonchev–Trinajstić information content (AvgIpc) is 3.90. The molecule has 12 aromatic rings. The van der Waals surface area contributed by atoms with Crippen LogP contribution in [0, 0.1) is 0 Å². The second kappa shape index (κ2) is 14.7. The molecular weight excluding hydrogens is 757 g/mol. The first-order chi connectivity index (χ1) is 30.7. The molecule has 12 rings (SSSR count). The van der Waals surface area contributed by atoms with E-state index in [1.165, 1.54) is 33.0 Å². The highest BCUT2D eigenvalue weighted by Crippen LogP contribution is 2.43. The number of benzene rings is 9. The second-order valence-corrected chi connectivity index (χ2v) is 15.6. The SMILES string of the molecule is c1ccc(-c2ccc(-c3nc(-c4ccccc4)nc(-c4cccc5c4oc4ccc(-n6c7ccccc7c7c(-c8ccccc8)cc(-c8ccccc8)cc76)cc45)n3)cc2)cc1. The Balaban J connectivity index is 1.04. The minimum Gasteiger partial charge on any atom is -0.455 e. The van der Waals surface area contributed by atoms with Gasteiger partial charge in [-0.2, -0.15) is 0 Å². The van der Waals surface area contributed by atoms with Gasteiger partial charge in [0.05, 0.1) is 16.6 Å². The first-order valence-corrected chi connectivity index (χ1v) is 20.8. The fourth-order valence-corrected chi connectivity index (χ4v) is 8.90. The van der Waals surface area contributed by atoms with Crippen LogP contribution in [0.4, 0.5) is 0 Å². The van der Waals surface area contributed by atoms with Crippen LogP contribution in [0.25, 0.3) is 117 Å². The van der Waals surface area contributed by atoms with E-state index >= 15 is 0 Å². The zero-order valence-corrected chi connectivity index (χ0v) is 33.5. The number of para-hydroxylation sites is 2. The summed E-state index contributed by atoms with van der Waals surface area (Å²) in [4.78, 5) is 15.2. The minimum absolute atomic E-state index is 0.551. The minimum atomic E-state index is 0.551. The van der Waals surface area contributed by atoms with Gasteiger partial charge >= 0.3 is 0 Å². The van der Waals surface area contributed by atoms with Crippen molar-refractivity contribution in [1.82, 2.24) is 19.5 Å². The first-order valence-electron chi connectivity index (χ1n) is 20.8. The van der Waals surface area contributed by atoms with Crippen molar-refractivity contribution in [1.29, 1.82) is 0 Å². The van der Waals surface area contributed by atoms with Crippen molar-refractivity contribution in [2.75, 3.05) is 0 Å². The summed E-state index contributed by atoms with van der Waals surface area (Å²) in [6.45, 7) is 0. The van der Waals surface area contributed by atoms with Crippen LogP contribution >= 0.6 is 0 Å². The average molecular weight is 793 g/mol. The largest absolute Gasteiger partial charge is 0.455 e. The molecule has 0 atom stereocenters. The van der Waals surface area contributed by atoms with Crippen molar-refractivity contribution in [2.24, 2.45) is 0 Å². The highest BCUT2D eigenvalue weighted by atomic mass is 16.3.